The van der Waals surface area contributed by atoms with E-state index in [-0.39, 0.29) is 11.8 Å². The highest BCUT2D eigenvalue weighted by Crippen LogP contribution is 2.34. The standard InChI is InChI=1S/C28H31N3O3/c32-27(30-18-22-9-6-16-34-22)19-31-25-11-5-4-10-23(25)24-17-21(12-13-26(24)31)28(33)29-15-14-20-7-2-1-3-8-20/h1-11,16,21,27,30,32H,12-15,17-19H2,(H,29,33). The number of para-hydroxylation sites is 1. The quantitative estimate of drug-likeness (QED) is 0.334. The molecule has 2 aromatic heterocycles. The Bertz CT molecular complexity index is 1230. The van der Waals surface area contributed by atoms with E-state index < -0.39 is 6.23 Å². The van der Waals surface area contributed by atoms with Crippen molar-refractivity contribution >= 4 is 16.8 Å². The molecule has 1 aliphatic rings. The summed E-state index contributed by atoms with van der Waals surface area (Å²) in [5, 5.41) is 18.1. The van der Waals surface area contributed by atoms with Gasteiger partial charge in [0, 0.05) is 29.1 Å². The Morgan fingerprint density at radius 2 is 1.91 bits per heavy atom. The fourth-order valence-electron chi connectivity index (χ4n) is 5.02. The van der Waals surface area contributed by atoms with Crippen LogP contribution in [-0.4, -0.2) is 28.4 Å². The van der Waals surface area contributed by atoms with Crippen LogP contribution in [-0.2, 0) is 37.1 Å². The topological polar surface area (TPSA) is 79.4 Å². The molecule has 6 nitrogen and oxygen atoms in total. The van der Waals surface area contributed by atoms with Crippen molar-refractivity contribution in [2.24, 2.45) is 5.92 Å². The zero-order chi connectivity index (χ0) is 23.3. The SMILES string of the molecule is O=C(NCCc1ccccc1)C1CCc2c(c3ccccc3n2CC(O)NCc2ccco2)C1. The van der Waals surface area contributed by atoms with Crippen molar-refractivity contribution in [2.75, 3.05) is 6.54 Å². The van der Waals surface area contributed by atoms with Gasteiger partial charge in [0.05, 0.1) is 19.4 Å². The number of aromatic nitrogens is 1. The Morgan fingerprint density at radius 1 is 1.09 bits per heavy atom. The summed E-state index contributed by atoms with van der Waals surface area (Å²) in [4.78, 5) is 12.9. The molecule has 3 N–H and O–H groups in total. The van der Waals surface area contributed by atoms with Crippen molar-refractivity contribution in [1.29, 1.82) is 0 Å². The van der Waals surface area contributed by atoms with E-state index in [1.807, 2.05) is 42.5 Å². The van der Waals surface area contributed by atoms with Crippen molar-refractivity contribution in [3.05, 3.63) is 95.6 Å². The fraction of sp³-hybridized carbons (Fsp3) is 0.321. The summed E-state index contributed by atoms with van der Waals surface area (Å²) < 4.78 is 7.57. The summed E-state index contributed by atoms with van der Waals surface area (Å²) in [6.07, 6.45) is 4.14. The number of rotatable bonds is 9. The van der Waals surface area contributed by atoms with Crippen LogP contribution >= 0.6 is 0 Å². The molecular formula is C28H31N3O3. The van der Waals surface area contributed by atoms with Crippen LogP contribution in [0.2, 0.25) is 0 Å². The highest BCUT2D eigenvalue weighted by Gasteiger charge is 2.29. The molecule has 0 bridgehead atoms. The molecule has 0 fully saturated rings. The minimum atomic E-state index is -0.705. The molecule has 2 aromatic carbocycles. The largest absolute Gasteiger partial charge is 0.468 e. The first-order valence-corrected chi connectivity index (χ1v) is 12.0. The smallest absolute Gasteiger partial charge is 0.223 e. The first-order valence-electron chi connectivity index (χ1n) is 12.0. The molecule has 0 radical (unpaired) electrons. The maximum absolute atomic E-state index is 12.9. The zero-order valence-corrected chi connectivity index (χ0v) is 19.2. The summed E-state index contributed by atoms with van der Waals surface area (Å²) in [5.41, 5.74) is 4.81. The molecule has 0 saturated carbocycles. The van der Waals surface area contributed by atoms with Gasteiger partial charge in [0.2, 0.25) is 5.91 Å². The first-order chi connectivity index (χ1) is 16.7. The molecule has 6 heteroatoms. The van der Waals surface area contributed by atoms with Crippen molar-refractivity contribution in [3.8, 4) is 0 Å². The third-order valence-electron chi connectivity index (χ3n) is 6.75. The number of hydrogen-bond donors (Lipinski definition) is 3. The number of aliphatic hydroxyl groups is 1. The van der Waals surface area contributed by atoms with Gasteiger partial charge in [-0.05, 0) is 55.0 Å². The van der Waals surface area contributed by atoms with Crippen LogP contribution in [0.3, 0.4) is 0 Å². The van der Waals surface area contributed by atoms with Crippen LogP contribution in [0.25, 0.3) is 10.9 Å². The lowest BCUT2D eigenvalue weighted by Crippen LogP contribution is -2.36. The third kappa shape index (κ3) is 4.93. The maximum Gasteiger partial charge on any atom is 0.223 e. The summed E-state index contributed by atoms with van der Waals surface area (Å²) in [6.45, 7) is 1.58. The molecule has 1 aliphatic carbocycles. The molecule has 2 heterocycles. The minimum Gasteiger partial charge on any atom is -0.468 e. The number of aliphatic hydroxyl groups excluding tert-OH is 1. The number of benzene rings is 2. The predicted molar refractivity (Wildman–Crippen MR) is 132 cm³/mol. The third-order valence-corrected chi connectivity index (χ3v) is 6.75. The zero-order valence-electron chi connectivity index (χ0n) is 19.2. The van der Waals surface area contributed by atoms with Crippen LogP contribution in [0.15, 0.2) is 77.4 Å². The van der Waals surface area contributed by atoms with Gasteiger partial charge in [0.1, 0.15) is 12.0 Å². The van der Waals surface area contributed by atoms with Gasteiger partial charge in [-0.3, -0.25) is 10.1 Å². The van der Waals surface area contributed by atoms with E-state index in [1.165, 1.54) is 22.2 Å². The highest BCUT2D eigenvalue weighted by atomic mass is 16.3. The predicted octanol–water partition coefficient (Wildman–Crippen LogP) is 3.81. The van der Waals surface area contributed by atoms with E-state index in [2.05, 4.69) is 39.5 Å². The van der Waals surface area contributed by atoms with Gasteiger partial charge in [-0.1, -0.05) is 48.5 Å². The van der Waals surface area contributed by atoms with Gasteiger partial charge >= 0.3 is 0 Å². The number of fused-ring (bicyclic) bond motifs is 3. The lowest BCUT2D eigenvalue weighted by molar-refractivity contribution is -0.125. The molecule has 34 heavy (non-hydrogen) atoms. The molecule has 0 spiro atoms. The molecule has 2 unspecified atom stereocenters. The van der Waals surface area contributed by atoms with Crippen LogP contribution in [0.1, 0.15) is 29.0 Å². The molecule has 0 saturated heterocycles. The molecule has 5 rings (SSSR count). The van der Waals surface area contributed by atoms with E-state index in [9.17, 15) is 9.90 Å². The van der Waals surface area contributed by atoms with E-state index in [4.69, 9.17) is 4.42 Å². The van der Waals surface area contributed by atoms with E-state index in [0.29, 0.717) is 19.6 Å². The number of hydrogen-bond acceptors (Lipinski definition) is 4. The van der Waals surface area contributed by atoms with Gasteiger partial charge in [-0.2, -0.15) is 0 Å². The summed E-state index contributed by atoms with van der Waals surface area (Å²) >= 11 is 0. The van der Waals surface area contributed by atoms with Gasteiger partial charge in [0.25, 0.3) is 0 Å². The minimum absolute atomic E-state index is 0.0236. The highest BCUT2D eigenvalue weighted by molar-refractivity contribution is 5.87. The Labute approximate surface area is 199 Å². The lowest BCUT2D eigenvalue weighted by Gasteiger charge is -2.24. The molecule has 1 amide bonds. The van der Waals surface area contributed by atoms with Crippen molar-refractivity contribution in [2.45, 2.75) is 45.0 Å². The second-order valence-corrected chi connectivity index (χ2v) is 9.00. The first kappa shape index (κ1) is 22.4. The lowest BCUT2D eigenvalue weighted by atomic mass is 9.85. The molecule has 0 aliphatic heterocycles. The van der Waals surface area contributed by atoms with Crippen molar-refractivity contribution in [1.82, 2.24) is 15.2 Å². The molecule has 2 atom stereocenters. The number of amides is 1. The number of nitrogens with one attached hydrogen (secondary N) is 2. The van der Waals surface area contributed by atoms with Crippen LogP contribution in [0, 0.1) is 5.92 Å². The molecular weight excluding hydrogens is 426 g/mol. The maximum atomic E-state index is 12.9. The number of carbonyl (C=O) groups excluding carboxylic acids is 1. The van der Waals surface area contributed by atoms with Gasteiger partial charge in [0.15, 0.2) is 0 Å². The van der Waals surface area contributed by atoms with Crippen molar-refractivity contribution < 1.29 is 14.3 Å². The van der Waals surface area contributed by atoms with Gasteiger partial charge in [-0.25, -0.2) is 0 Å². The van der Waals surface area contributed by atoms with Gasteiger partial charge in [-0.15, -0.1) is 0 Å². The van der Waals surface area contributed by atoms with Crippen LogP contribution in [0.4, 0.5) is 0 Å². The van der Waals surface area contributed by atoms with E-state index in [1.54, 1.807) is 6.26 Å². The Balaban J connectivity index is 1.26. The second kappa shape index (κ2) is 10.3. The number of carbonyl (C=O) groups is 1. The molecule has 176 valence electrons. The Kier molecular flexibility index (Phi) is 6.79. The van der Waals surface area contributed by atoms with E-state index in [0.717, 1.165) is 37.0 Å². The summed E-state index contributed by atoms with van der Waals surface area (Å²) in [6, 6.07) is 22.3. The number of nitrogens with zero attached hydrogens (tertiary/aromatic N) is 1. The fourth-order valence-corrected chi connectivity index (χ4v) is 5.02. The second-order valence-electron chi connectivity index (χ2n) is 9.00. The average molecular weight is 458 g/mol. The number of furan rings is 1. The summed E-state index contributed by atoms with van der Waals surface area (Å²) in [7, 11) is 0. The Morgan fingerprint density at radius 3 is 2.74 bits per heavy atom. The van der Waals surface area contributed by atoms with Gasteiger partial charge < -0.3 is 19.4 Å². The van der Waals surface area contributed by atoms with E-state index >= 15 is 0 Å². The summed E-state index contributed by atoms with van der Waals surface area (Å²) in [5.74, 6) is 0.905. The molecule has 4 aromatic rings. The Hall–Kier alpha value is -3.35. The average Bonchev–Trinajstić information content (AvgIpc) is 3.50. The van der Waals surface area contributed by atoms with Crippen molar-refractivity contribution in [3.63, 3.8) is 0 Å². The van der Waals surface area contributed by atoms with Crippen LogP contribution in [0.5, 0.6) is 0 Å². The van der Waals surface area contributed by atoms with Crippen LogP contribution < -0.4 is 10.6 Å². The normalized spacial score (nSPS) is 16.3. The monoisotopic (exact) mass is 457 g/mol.